The summed E-state index contributed by atoms with van der Waals surface area (Å²) < 4.78 is 7.87. The number of rotatable bonds is 5. The zero-order valence-corrected chi connectivity index (χ0v) is 14.5. The summed E-state index contributed by atoms with van der Waals surface area (Å²) in [5.41, 5.74) is 1.13. The second-order valence-corrected chi connectivity index (χ2v) is 6.84. The molecule has 0 spiro atoms. The molecule has 0 N–H and O–H groups in total. The Kier molecular flexibility index (Phi) is 4.53. The summed E-state index contributed by atoms with van der Waals surface area (Å²) in [6, 6.07) is 10.2. The van der Waals surface area contributed by atoms with E-state index in [0.717, 1.165) is 30.8 Å². The lowest BCUT2D eigenvalue weighted by Gasteiger charge is -2.35. The fourth-order valence-electron chi connectivity index (χ4n) is 3.67. The number of aromatic nitrogens is 3. The van der Waals surface area contributed by atoms with Crippen LogP contribution in [0, 0.1) is 5.92 Å². The minimum atomic E-state index is -0.198. The number of amides is 1. The van der Waals surface area contributed by atoms with Crippen molar-refractivity contribution in [2.45, 2.75) is 38.3 Å². The van der Waals surface area contributed by atoms with Crippen molar-refractivity contribution in [3.8, 4) is 0 Å². The van der Waals surface area contributed by atoms with Crippen LogP contribution in [0.3, 0.4) is 0 Å². The van der Waals surface area contributed by atoms with Gasteiger partial charge in [0, 0.05) is 13.1 Å². The normalized spacial score (nSPS) is 22.0. The van der Waals surface area contributed by atoms with Gasteiger partial charge in [0.05, 0.1) is 19.1 Å². The molecule has 132 valence electrons. The van der Waals surface area contributed by atoms with Crippen LogP contribution in [0.5, 0.6) is 0 Å². The molecular weight excluding hydrogens is 316 g/mol. The summed E-state index contributed by atoms with van der Waals surface area (Å²) in [5.74, 6) is 1.49. The van der Waals surface area contributed by atoms with Crippen LogP contribution in [0.1, 0.15) is 43.2 Å². The summed E-state index contributed by atoms with van der Waals surface area (Å²) in [4.78, 5) is 15.2. The van der Waals surface area contributed by atoms with Gasteiger partial charge < -0.3 is 14.2 Å². The van der Waals surface area contributed by atoms with Gasteiger partial charge in [0.2, 0.25) is 5.91 Å². The number of ether oxygens (including phenoxy) is 1. The van der Waals surface area contributed by atoms with Crippen LogP contribution in [-0.2, 0) is 16.1 Å². The zero-order chi connectivity index (χ0) is 17.2. The Morgan fingerprint density at radius 1 is 1.32 bits per heavy atom. The van der Waals surface area contributed by atoms with Crippen molar-refractivity contribution < 1.29 is 9.53 Å². The SMILES string of the molecule is CCn1cnnc1[C@@H]1CN(C(=O)[C@H](c2ccccc2)C2CC2)CCO1. The predicted octanol–water partition coefficient (Wildman–Crippen LogP) is 2.39. The van der Waals surface area contributed by atoms with Crippen LogP contribution < -0.4 is 0 Å². The van der Waals surface area contributed by atoms with Gasteiger partial charge >= 0.3 is 0 Å². The zero-order valence-electron chi connectivity index (χ0n) is 14.5. The van der Waals surface area contributed by atoms with E-state index in [4.69, 9.17) is 4.74 Å². The number of nitrogens with zero attached hydrogens (tertiary/aromatic N) is 4. The average molecular weight is 340 g/mol. The lowest BCUT2D eigenvalue weighted by atomic mass is 9.92. The summed E-state index contributed by atoms with van der Waals surface area (Å²) in [5, 5.41) is 8.19. The van der Waals surface area contributed by atoms with Gasteiger partial charge in [-0.1, -0.05) is 30.3 Å². The van der Waals surface area contributed by atoms with Crippen LogP contribution in [0.25, 0.3) is 0 Å². The molecule has 25 heavy (non-hydrogen) atoms. The average Bonchev–Trinajstić information content (AvgIpc) is 3.37. The molecule has 2 aliphatic rings. The second-order valence-electron chi connectivity index (χ2n) is 6.84. The van der Waals surface area contributed by atoms with Crippen molar-refractivity contribution in [2.75, 3.05) is 19.7 Å². The number of benzene rings is 1. The van der Waals surface area contributed by atoms with E-state index in [0.29, 0.717) is 25.6 Å². The molecule has 2 heterocycles. The van der Waals surface area contributed by atoms with Crippen LogP contribution in [0.2, 0.25) is 0 Å². The molecule has 4 rings (SSSR count). The quantitative estimate of drug-likeness (QED) is 0.838. The summed E-state index contributed by atoms with van der Waals surface area (Å²) in [7, 11) is 0. The first kappa shape index (κ1) is 16.3. The van der Waals surface area contributed by atoms with E-state index >= 15 is 0 Å². The molecule has 2 fully saturated rings. The monoisotopic (exact) mass is 340 g/mol. The van der Waals surface area contributed by atoms with Crippen molar-refractivity contribution in [2.24, 2.45) is 5.92 Å². The Balaban J connectivity index is 1.53. The van der Waals surface area contributed by atoms with Gasteiger partial charge in [0.1, 0.15) is 12.4 Å². The number of carbonyl (C=O) groups is 1. The highest BCUT2D eigenvalue weighted by molar-refractivity contribution is 5.84. The molecule has 1 aliphatic heterocycles. The van der Waals surface area contributed by atoms with E-state index in [1.54, 1.807) is 6.33 Å². The standard InChI is InChI=1S/C19H24N4O2/c1-2-22-13-20-21-18(22)16-12-23(10-11-25-16)19(24)17(15-8-9-15)14-6-4-3-5-7-14/h3-7,13,15-17H,2,8-12H2,1H3/t16-,17+/m0/s1. The van der Waals surface area contributed by atoms with E-state index in [-0.39, 0.29) is 17.9 Å². The molecule has 1 aromatic heterocycles. The highest BCUT2D eigenvalue weighted by Gasteiger charge is 2.40. The third kappa shape index (κ3) is 3.31. The molecule has 0 bridgehead atoms. The van der Waals surface area contributed by atoms with E-state index in [2.05, 4.69) is 29.3 Å². The van der Waals surface area contributed by atoms with Crippen molar-refractivity contribution in [1.29, 1.82) is 0 Å². The number of carbonyl (C=O) groups excluding carboxylic acids is 1. The fraction of sp³-hybridized carbons (Fsp3) is 0.526. The first-order valence-electron chi connectivity index (χ1n) is 9.11. The fourth-order valence-corrected chi connectivity index (χ4v) is 3.67. The highest BCUT2D eigenvalue weighted by atomic mass is 16.5. The van der Waals surface area contributed by atoms with E-state index in [9.17, 15) is 4.79 Å². The lowest BCUT2D eigenvalue weighted by Crippen LogP contribution is -2.45. The van der Waals surface area contributed by atoms with E-state index < -0.39 is 0 Å². The van der Waals surface area contributed by atoms with Gasteiger partial charge in [-0.05, 0) is 31.2 Å². The van der Waals surface area contributed by atoms with Gasteiger partial charge in [-0.3, -0.25) is 4.79 Å². The minimum Gasteiger partial charge on any atom is -0.366 e. The maximum atomic E-state index is 13.3. The topological polar surface area (TPSA) is 60.2 Å². The van der Waals surface area contributed by atoms with Crippen LogP contribution in [-0.4, -0.2) is 45.3 Å². The van der Waals surface area contributed by atoms with Crippen molar-refractivity contribution >= 4 is 5.91 Å². The molecule has 1 amide bonds. The molecule has 6 nitrogen and oxygen atoms in total. The van der Waals surface area contributed by atoms with Crippen LogP contribution in [0.15, 0.2) is 36.7 Å². The molecule has 2 atom stereocenters. The Morgan fingerprint density at radius 2 is 2.12 bits per heavy atom. The summed E-state index contributed by atoms with van der Waals surface area (Å²) in [6.45, 7) is 4.58. The first-order valence-corrected chi connectivity index (χ1v) is 9.11. The van der Waals surface area contributed by atoms with Gasteiger partial charge in [-0.15, -0.1) is 10.2 Å². The molecule has 2 aromatic rings. The van der Waals surface area contributed by atoms with Gasteiger partial charge in [-0.25, -0.2) is 0 Å². The molecule has 1 aliphatic carbocycles. The molecule has 0 radical (unpaired) electrons. The first-order chi connectivity index (χ1) is 12.3. The van der Waals surface area contributed by atoms with Crippen LogP contribution in [0.4, 0.5) is 0 Å². The molecular formula is C19H24N4O2. The van der Waals surface area contributed by atoms with Crippen molar-refractivity contribution in [3.05, 3.63) is 48.0 Å². The maximum Gasteiger partial charge on any atom is 0.230 e. The maximum absolute atomic E-state index is 13.3. The van der Waals surface area contributed by atoms with Gasteiger partial charge in [0.15, 0.2) is 5.82 Å². The molecule has 0 unspecified atom stereocenters. The Hall–Kier alpha value is -2.21. The smallest absolute Gasteiger partial charge is 0.230 e. The van der Waals surface area contributed by atoms with Gasteiger partial charge in [-0.2, -0.15) is 0 Å². The van der Waals surface area contributed by atoms with E-state index in [1.807, 2.05) is 27.7 Å². The van der Waals surface area contributed by atoms with Crippen molar-refractivity contribution in [3.63, 3.8) is 0 Å². The largest absolute Gasteiger partial charge is 0.366 e. The van der Waals surface area contributed by atoms with Crippen LogP contribution >= 0.6 is 0 Å². The number of morpholine rings is 1. The Morgan fingerprint density at radius 3 is 2.84 bits per heavy atom. The highest BCUT2D eigenvalue weighted by Crippen LogP contribution is 2.44. The number of aryl methyl sites for hydroxylation is 1. The summed E-state index contributed by atoms with van der Waals surface area (Å²) >= 11 is 0. The number of hydrogen-bond donors (Lipinski definition) is 0. The van der Waals surface area contributed by atoms with Gasteiger partial charge in [0.25, 0.3) is 0 Å². The predicted molar refractivity (Wildman–Crippen MR) is 92.9 cm³/mol. The van der Waals surface area contributed by atoms with Crippen molar-refractivity contribution in [1.82, 2.24) is 19.7 Å². The molecule has 1 aromatic carbocycles. The lowest BCUT2D eigenvalue weighted by molar-refractivity contribution is -0.141. The van der Waals surface area contributed by atoms with E-state index in [1.165, 1.54) is 0 Å². The molecule has 6 heteroatoms. The molecule has 1 saturated heterocycles. The number of hydrogen-bond acceptors (Lipinski definition) is 4. The minimum absolute atomic E-state index is 0.0241. The third-order valence-electron chi connectivity index (χ3n) is 5.17. The Labute approximate surface area is 147 Å². The second kappa shape index (κ2) is 6.96. The third-order valence-corrected chi connectivity index (χ3v) is 5.17. The summed E-state index contributed by atoms with van der Waals surface area (Å²) in [6.07, 6.45) is 3.80. The molecule has 1 saturated carbocycles. The Bertz CT molecular complexity index is 726.